The summed E-state index contributed by atoms with van der Waals surface area (Å²) in [5.41, 5.74) is 1.10. The van der Waals surface area contributed by atoms with Crippen molar-refractivity contribution in [1.29, 1.82) is 0 Å². The molecular weight excluding hydrogens is 408 g/mol. The van der Waals surface area contributed by atoms with Crippen molar-refractivity contribution in [3.8, 4) is 22.9 Å². The number of nitrogens with zero attached hydrogens (tertiary/aromatic N) is 3. The molecule has 0 amide bonds. The van der Waals surface area contributed by atoms with Gasteiger partial charge in [-0.05, 0) is 32.0 Å². The van der Waals surface area contributed by atoms with Crippen molar-refractivity contribution >= 4 is 10.9 Å². The number of rotatable bonds is 7. The van der Waals surface area contributed by atoms with Crippen molar-refractivity contribution in [2.24, 2.45) is 0 Å². The van der Waals surface area contributed by atoms with E-state index >= 15 is 0 Å². The van der Waals surface area contributed by atoms with Crippen molar-refractivity contribution < 1.29 is 14.2 Å². The van der Waals surface area contributed by atoms with Gasteiger partial charge in [0.2, 0.25) is 0 Å². The summed E-state index contributed by atoms with van der Waals surface area (Å²) in [5.74, 6) is 2.34. The van der Waals surface area contributed by atoms with Gasteiger partial charge in [0, 0.05) is 32.2 Å². The maximum Gasteiger partial charge on any atom is 0.266 e. The predicted molar refractivity (Wildman–Crippen MR) is 124 cm³/mol. The molecule has 1 aliphatic heterocycles. The first kappa shape index (κ1) is 22.1. The molecule has 0 aliphatic carbocycles. The molecule has 2 heterocycles. The van der Waals surface area contributed by atoms with Crippen LogP contribution >= 0.6 is 0 Å². The van der Waals surface area contributed by atoms with Gasteiger partial charge in [-0.1, -0.05) is 12.1 Å². The van der Waals surface area contributed by atoms with Crippen LogP contribution in [0.3, 0.4) is 0 Å². The van der Waals surface area contributed by atoms with E-state index in [0.717, 1.165) is 26.2 Å². The highest BCUT2D eigenvalue weighted by atomic mass is 16.5. The fourth-order valence-corrected chi connectivity index (χ4v) is 3.98. The quantitative estimate of drug-likeness (QED) is 0.608. The summed E-state index contributed by atoms with van der Waals surface area (Å²) in [6, 6.07) is 11.1. The second-order valence-corrected chi connectivity index (χ2v) is 8.05. The number of ether oxygens (including phenoxy) is 3. The Labute approximate surface area is 187 Å². The molecular formula is C24H30N4O4. The predicted octanol–water partition coefficient (Wildman–Crippen LogP) is 2.60. The molecule has 3 aromatic rings. The number of nitrogens with one attached hydrogen (secondary N) is 1. The van der Waals surface area contributed by atoms with Crippen LogP contribution in [0.15, 0.2) is 41.2 Å². The molecule has 0 unspecified atom stereocenters. The summed E-state index contributed by atoms with van der Waals surface area (Å²) in [5, 5.41) is 3.83. The SMILES string of the molecule is COc1cc2nc(CN3CCNCC3)n(-c3ccccc3OC(C)C)c(=O)c2cc1OC. The summed E-state index contributed by atoms with van der Waals surface area (Å²) < 4.78 is 18.6. The van der Waals surface area contributed by atoms with E-state index in [2.05, 4.69) is 10.2 Å². The fourth-order valence-electron chi connectivity index (χ4n) is 3.98. The minimum Gasteiger partial charge on any atom is -0.493 e. The zero-order valence-electron chi connectivity index (χ0n) is 19.1. The molecule has 0 saturated carbocycles. The average Bonchev–Trinajstić information content (AvgIpc) is 2.79. The number of fused-ring (bicyclic) bond motifs is 1. The van der Waals surface area contributed by atoms with Crippen LogP contribution in [-0.2, 0) is 6.54 Å². The molecule has 1 saturated heterocycles. The third-order valence-electron chi connectivity index (χ3n) is 5.49. The van der Waals surface area contributed by atoms with Crippen LogP contribution < -0.4 is 25.1 Å². The van der Waals surface area contributed by atoms with Gasteiger partial charge < -0.3 is 19.5 Å². The van der Waals surface area contributed by atoms with Crippen molar-refractivity contribution in [2.45, 2.75) is 26.5 Å². The minimum absolute atomic E-state index is 0.0266. The van der Waals surface area contributed by atoms with E-state index in [1.807, 2.05) is 38.1 Å². The van der Waals surface area contributed by atoms with Gasteiger partial charge in [0.1, 0.15) is 11.6 Å². The lowest BCUT2D eigenvalue weighted by Crippen LogP contribution is -2.44. The van der Waals surface area contributed by atoms with Crippen LogP contribution in [0.25, 0.3) is 16.6 Å². The second kappa shape index (κ2) is 9.58. The molecule has 1 aromatic heterocycles. The lowest BCUT2D eigenvalue weighted by Gasteiger charge is -2.28. The molecule has 8 nitrogen and oxygen atoms in total. The zero-order valence-corrected chi connectivity index (χ0v) is 19.1. The molecule has 32 heavy (non-hydrogen) atoms. The van der Waals surface area contributed by atoms with E-state index in [-0.39, 0.29) is 11.7 Å². The molecule has 0 spiro atoms. The number of piperazine rings is 1. The molecule has 0 radical (unpaired) electrons. The first-order chi connectivity index (χ1) is 15.5. The first-order valence-corrected chi connectivity index (χ1v) is 10.9. The normalized spacial score (nSPS) is 14.7. The third-order valence-corrected chi connectivity index (χ3v) is 5.49. The summed E-state index contributed by atoms with van der Waals surface area (Å²) in [7, 11) is 3.13. The molecule has 1 N–H and O–H groups in total. The Morgan fingerprint density at radius 3 is 2.41 bits per heavy atom. The van der Waals surface area contributed by atoms with Crippen LogP contribution in [0.1, 0.15) is 19.7 Å². The fraction of sp³-hybridized carbons (Fsp3) is 0.417. The van der Waals surface area contributed by atoms with Crippen molar-refractivity contribution in [2.75, 3.05) is 40.4 Å². The number of benzene rings is 2. The molecule has 8 heteroatoms. The van der Waals surface area contributed by atoms with E-state index < -0.39 is 0 Å². The molecule has 2 aromatic carbocycles. The van der Waals surface area contributed by atoms with Crippen LogP contribution in [0.2, 0.25) is 0 Å². The van der Waals surface area contributed by atoms with E-state index in [0.29, 0.717) is 46.2 Å². The Kier molecular flexibility index (Phi) is 6.62. The van der Waals surface area contributed by atoms with Gasteiger partial charge in [-0.2, -0.15) is 0 Å². The Morgan fingerprint density at radius 2 is 1.72 bits per heavy atom. The van der Waals surface area contributed by atoms with Gasteiger partial charge in [0.15, 0.2) is 11.5 Å². The third kappa shape index (κ3) is 4.42. The first-order valence-electron chi connectivity index (χ1n) is 10.9. The smallest absolute Gasteiger partial charge is 0.266 e. The van der Waals surface area contributed by atoms with Gasteiger partial charge in [-0.15, -0.1) is 0 Å². The largest absolute Gasteiger partial charge is 0.493 e. The monoisotopic (exact) mass is 438 g/mol. The van der Waals surface area contributed by atoms with Crippen LogP contribution in [0.5, 0.6) is 17.2 Å². The standard InChI is InChI=1S/C24H30N4O4/c1-16(2)32-20-8-6-5-7-19(20)28-23(15-27-11-9-25-10-12-27)26-18-14-22(31-4)21(30-3)13-17(18)24(28)29/h5-8,13-14,16,25H,9-12,15H2,1-4H3. The molecule has 4 rings (SSSR count). The highest BCUT2D eigenvalue weighted by Crippen LogP contribution is 2.31. The van der Waals surface area contributed by atoms with E-state index in [4.69, 9.17) is 19.2 Å². The summed E-state index contributed by atoms with van der Waals surface area (Å²) >= 11 is 0. The maximum atomic E-state index is 13.8. The van der Waals surface area contributed by atoms with Gasteiger partial charge in [-0.25, -0.2) is 4.98 Å². The molecule has 1 aliphatic rings. The number of methoxy groups -OCH3 is 2. The van der Waals surface area contributed by atoms with Crippen LogP contribution in [0, 0.1) is 0 Å². The Hall–Kier alpha value is -3.10. The van der Waals surface area contributed by atoms with Crippen LogP contribution in [-0.4, -0.2) is 61.0 Å². The van der Waals surface area contributed by atoms with E-state index in [1.165, 1.54) is 0 Å². The van der Waals surface area contributed by atoms with Crippen molar-refractivity contribution in [1.82, 2.24) is 19.8 Å². The van der Waals surface area contributed by atoms with Crippen molar-refractivity contribution in [3.63, 3.8) is 0 Å². The zero-order chi connectivity index (χ0) is 22.7. The Balaban J connectivity index is 1.95. The van der Waals surface area contributed by atoms with Crippen LogP contribution in [0.4, 0.5) is 0 Å². The molecule has 1 fully saturated rings. The lowest BCUT2D eigenvalue weighted by atomic mass is 10.2. The number of aromatic nitrogens is 2. The average molecular weight is 439 g/mol. The Morgan fingerprint density at radius 1 is 1.03 bits per heavy atom. The van der Waals surface area contributed by atoms with Gasteiger partial charge in [-0.3, -0.25) is 14.3 Å². The molecule has 0 atom stereocenters. The highest BCUT2D eigenvalue weighted by Gasteiger charge is 2.21. The van der Waals surface area contributed by atoms with E-state index in [1.54, 1.807) is 30.9 Å². The topological polar surface area (TPSA) is 77.9 Å². The van der Waals surface area contributed by atoms with Gasteiger partial charge in [0.05, 0.1) is 43.5 Å². The molecule has 170 valence electrons. The minimum atomic E-state index is -0.166. The Bertz CT molecular complexity index is 1150. The highest BCUT2D eigenvalue weighted by molar-refractivity contribution is 5.82. The van der Waals surface area contributed by atoms with E-state index in [9.17, 15) is 4.79 Å². The summed E-state index contributed by atoms with van der Waals surface area (Å²) in [6.07, 6.45) is -0.0266. The lowest BCUT2D eigenvalue weighted by molar-refractivity contribution is 0.225. The maximum absolute atomic E-state index is 13.8. The number of hydrogen-bond acceptors (Lipinski definition) is 7. The van der Waals surface area contributed by atoms with Gasteiger partial charge in [0.25, 0.3) is 5.56 Å². The number of hydrogen-bond donors (Lipinski definition) is 1. The van der Waals surface area contributed by atoms with Gasteiger partial charge >= 0.3 is 0 Å². The number of para-hydroxylation sites is 2. The summed E-state index contributed by atoms with van der Waals surface area (Å²) in [6.45, 7) is 8.10. The van der Waals surface area contributed by atoms with Crippen molar-refractivity contribution in [3.05, 3.63) is 52.6 Å². The summed E-state index contributed by atoms with van der Waals surface area (Å²) in [4.78, 5) is 21.1. The second-order valence-electron chi connectivity index (χ2n) is 8.05. The molecule has 0 bridgehead atoms.